The van der Waals surface area contributed by atoms with Crippen molar-refractivity contribution in [1.82, 2.24) is 4.98 Å². The highest BCUT2D eigenvalue weighted by Gasteiger charge is 2.08. The molecule has 122 valence electrons. The highest BCUT2D eigenvalue weighted by Crippen LogP contribution is 2.24. The fourth-order valence-corrected chi connectivity index (χ4v) is 1.96. The van der Waals surface area contributed by atoms with Crippen molar-refractivity contribution in [3.8, 4) is 17.4 Å². The number of pyridine rings is 1. The van der Waals surface area contributed by atoms with E-state index in [1.807, 2.05) is 6.92 Å². The second kappa shape index (κ2) is 8.39. The van der Waals surface area contributed by atoms with Crippen LogP contribution in [0.3, 0.4) is 0 Å². The molecule has 0 saturated heterocycles. The van der Waals surface area contributed by atoms with Gasteiger partial charge in [0.1, 0.15) is 11.5 Å². The van der Waals surface area contributed by atoms with Crippen molar-refractivity contribution in [2.75, 3.05) is 7.11 Å². The van der Waals surface area contributed by atoms with Gasteiger partial charge in [0.05, 0.1) is 18.2 Å². The van der Waals surface area contributed by atoms with Crippen LogP contribution in [0.1, 0.15) is 19.8 Å². The number of rotatable bonds is 7. The molecule has 1 aromatic carbocycles. The molecule has 0 radical (unpaired) electrons. The number of benzene rings is 1. The maximum atomic E-state index is 11.1. The van der Waals surface area contributed by atoms with Gasteiger partial charge in [-0.25, -0.2) is 4.98 Å². The minimum Gasteiger partial charge on any atom is -0.491 e. The number of halogens is 1. The van der Waals surface area contributed by atoms with Crippen LogP contribution in [-0.2, 0) is 9.53 Å². The summed E-state index contributed by atoms with van der Waals surface area (Å²) in [5.74, 6) is 1.59. The number of hydrogen-bond acceptors (Lipinski definition) is 5. The zero-order valence-electron chi connectivity index (χ0n) is 13.0. The van der Waals surface area contributed by atoms with Gasteiger partial charge in [-0.3, -0.25) is 4.79 Å². The summed E-state index contributed by atoms with van der Waals surface area (Å²) >= 11 is 5.77. The zero-order valence-corrected chi connectivity index (χ0v) is 13.7. The molecule has 1 heterocycles. The van der Waals surface area contributed by atoms with Crippen molar-refractivity contribution in [3.63, 3.8) is 0 Å². The summed E-state index contributed by atoms with van der Waals surface area (Å²) in [5.41, 5.74) is 0. The third kappa shape index (κ3) is 5.79. The van der Waals surface area contributed by atoms with Gasteiger partial charge in [0.2, 0.25) is 5.88 Å². The summed E-state index contributed by atoms with van der Waals surface area (Å²) in [6.45, 7) is 1.91. The van der Waals surface area contributed by atoms with Gasteiger partial charge < -0.3 is 14.2 Å². The Bertz CT molecular complexity index is 628. The van der Waals surface area contributed by atoms with E-state index in [1.54, 1.807) is 36.4 Å². The van der Waals surface area contributed by atoms with Gasteiger partial charge in [-0.05, 0) is 43.7 Å². The molecule has 0 aliphatic heterocycles. The quantitative estimate of drug-likeness (QED) is 0.708. The summed E-state index contributed by atoms with van der Waals surface area (Å²) in [6, 6.07) is 10.6. The molecular formula is C17H18ClNO4. The number of methoxy groups -OCH3 is 1. The molecular weight excluding hydrogens is 318 g/mol. The van der Waals surface area contributed by atoms with Gasteiger partial charge in [-0.15, -0.1) is 0 Å². The largest absolute Gasteiger partial charge is 0.491 e. The Balaban J connectivity index is 1.86. The topological polar surface area (TPSA) is 57.7 Å². The molecule has 1 atom stereocenters. The molecule has 0 saturated carbocycles. The van der Waals surface area contributed by atoms with Crippen LogP contribution in [0.2, 0.25) is 5.02 Å². The van der Waals surface area contributed by atoms with E-state index in [2.05, 4.69) is 9.72 Å². The van der Waals surface area contributed by atoms with Crippen LogP contribution in [0.4, 0.5) is 0 Å². The molecule has 1 unspecified atom stereocenters. The van der Waals surface area contributed by atoms with Gasteiger partial charge >= 0.3 is 5.97 Å². The first-order chi connectivity index (χ1) is 11.1. The molecule has 1 aromatic heterocycles. The van der Waals surface area contributed by atoms with Crippen molar-refractivity contribution in [2.45, 2.75) is 25.9 Å². The SMILES string of the molecule is COC(=O)CCC(C)Oc1ccc(Oc2ccc(Cl)cn2)cc1. The Morgan fingerprint density at radius 2 is 1.87 bits per heavy atom. The van der Waals surface area contributed by atoms with Crippen LogP contribution < -0.4 is 9.47 Å². The van der Waals surface area contributed by atoms with Crippen LogP contribution >= 0.6 is 11.6 Å². The van der Waals surface area contributed by atoms with E-state index < -0.39 is 0 Å². The lowest BCUT2D eigenvalue weighted by Crippen LogP contribution is -2.14. The highest BCUT2D eigenvalue weighted by molar-refractivity contribution is 6.30. The zero-order chi connectivity index (χ0) is 16.7. The highest BCUT2D eigenvalue weighted by atomic mass is 35.5. The van der Waals surface area contributed by atoms with Crippen molar-refractivity contribution in [1.29, 1.82) is 0 Å². The number of esters is 1. The lowest BCUT2D eigenvalue weighted by molar-refractivity contribution is -0.141. The molecule has 6 heteroatoms. The van der Waals surface area contributed by atoms with Crippen molar-refractivity contribution in [2.24, 2.45) is 0 Å². The summed E-state index contributed by atoms with van der Waals surface area (Å²) in [7, 11) is 1.38. The molecule has 0 spiro atoms. The fourth-order valence-electron chi connectivity index (χ4n) is 1.84. The van der Waals surface area contributed by atoms with E-state index in [0.717, 1.165) is 0 Å². The number of ether oxygens (including phenoxy) is 3. The first-order valence-corrected chi connectivity index (χ1v) is 7.57. The Hall–Kier alpha value is -2.27. The minimum atomic E-state index is -0.236. The molecule has 0 N–H and O–H groups in total. The Morgan fingerprint density at radius 3 is 2.48 bits per heavy atom. The molecule has 0 aliphatic rings. The second-order valence-corrected chi connectivity index (χ2v) is 5.37. The summed E-state index contributed by atoms with van der Waals surface area (Å²) in [4.78, 5) is 15.2. The van der Waals surface area contributed by atoms with Crippen LogP contribution in [0.5, 0.6) is 17.4 Å². The average Bonchev–Trinajstić information content (AvgIpc) is 2.56. The lowest BCUT2D eigenvalue weighted by Gasteiger charge is -2.14. The van der Waals surface area contributed by atoms with Gasteiger partial charge in [-0.1, -0.05) is 11.6 Å². The standard InChI is InChI=1S/C17H18ClNO4/c1-12(3-10-17(20)21-2)22-14-5-7-15(8-6-14)23-16-9-4-13(18)11-19-16/h4-9,11-12H,3,10H2,1-2H3. The second-order valence-electron chi connectivity index (χ2n) is 4.93. The molecule has 0 fully saturated rings. The number of carbonyl (C=O) groups excluding carboxylic acids is 1. The van der Waals surface area contributed by atoms with Crippen molar-refractivity contribution >= 4 is 17.6 Å². The van der Waals surface area contributed by atoms with E-state index in [9.17, 15) is 4.79 Å². The number of carbonyl (C=O) groups is 1. The third-order valence-electron chi connectivity index (χ3n) is 3.07. The van der Waals surface area contributed by atoms with Crippen molar-refractivity contribution in [3.05, 3.63) is 47.6 Å². The maximum absolute atomic E-state index is 11.1. The number of aromatic nitrogens is 1. The van der Waals surface area contributed by atoms with Crippen LogP contribution in [-0.4, -0.2) is 24.2 Å². The molecule has 0 amide bonds. The van der Waals surface area contributed by atoms with Gasteiger partial charge in [-0.2, -0.15) is 0 Å². The van der Waals surface area contributed by atoms with Crippen LogP contribution in [0, 0.1) is 0 Å². The smallest absolute Gasteiger partial charge is 0.305 e. The Kier molecular flexibility index (Phi) is 6.23. The van der Waals surface area contributed by atoms with Gasteiger partial charge in [0, 0.05) is 18.7 Å². The fraction of sp³-hybridized carbons (Fsp3) is 0.294. The predicted octanol–water partition coefficient (Wildman–Crippen LogP) is 4.25. The molecule has 2 aromatic rings. The summed E-state index contributed by atoms with van der Waals surface area (Å²) in [6.07, 6.45) is 2.37. The van der Waals surface area contributed by atoms with E-state index >= 15 is 0 Å². The first-order valence-electron chi connectivity index (χ1n) is 7.20. The minimum absolute atomic E-state index is 0.0844. The van der Waals surface area contributed by atoms with Crippen molar-refractivity contribution < 1.29 is 19.0 Å². The molecule has 0 aliphatic carbocycles. The van der Waals surface area contributed by atoms with Gasteiger partial charge in [0.15, 0.2) is 0 Å². The average molecular weight is 336 g/mol. The number of nitrogens with zero attached hydrogens (tertiary/aromatic N) is 1. The van der Waals surface area contributed by atoms with E-state index in [0.29, 0.717) is 35.2 Å². The van der Waals surface area contributed by atoms with E-state index in [1.165, 1.54) is 13.3 Å². The van der Waals surface area contributed by atoms with Crippen LogP contribution in [0.25, 0.3) is 0 Å². The maximum Gasteiger partial charge on any atom is 0.305 e. The summed E-state index contributed by atoms with van der Waals surface area (Å²) < 4.78 is 15.9. The molecule has 23 heavy (non-hydrogen) atoms. The molecule has 2 rings (SSSR count). The normalized spacial score (nSPS) is 11.6. The Morgan fingerprint density at radius 1 is 1.17 bits per heavy atom. The van der Waals surface area contributed by atoms with E-state index in [4.69, 9.17) is 21.1 Å². The molecule has 0 bridgehead atoms. The summed E-state index contributed by atoms with van der Waals surface area (Å²) in [5, 5.41) is 0.557. The molecule has 5 nitrogen and oxygen atoms in total. The first kappa shape index (κ1) is 17.1. The van der Waals surface area contributed by atoms with Crippen LogP contribution in [0.15, 0.2) is 42.6 Å². The van der Waals surface area contributed by atoms with E-state index in [-0.39, 0.29) is 12.1 Å². The lowest BCUT2D eigenvalue weighted by atomic mass is 10.2. The van der Waals surface area contributed by atoms with Gasteiger partial charge in [0.25, 0.3) is 0 Å². The monoisotopic (exact) mass is 335 g/mol. The number of hydrogen-bond donors (Lipinski definition) is 0. The predicted molar refractivity (Wildman–Crippen MR) is 87.1 cm³/mol. The third-order valence-corrected chi connectivity index (χ3v) is 3.29. The Labute approximate surface area is 140 Å².